The van der Waals surface area contributed by atoms with Gasteiger partial charge in [-0.05, 0) is 73.5 Å². The van der Waals surface area contributed by atoms with Crippen molar-refractivity contribution in [3.8, 4) is 0 Å². The Bertz CT molecular complexity index is 1640. The number of carboxylic acids is 1. The molecule has 5 N–H and O–H groups in total. The molecule has 0 bridgehead atoms. The topological polar surface area (TPSA) is 177 Å². The smallest absolute Gasteiger partial charge is 0.335 e. The number of ketones is 1. The molecule has 0 atom stereocenters. The third-order valence-electron chi connectivity index (χ3n) is 6.49. The van der Waals surface area contributed by atoms with Crippen LogP contribution in [-0.2, 0) is 20.8 Å². The Morgan fingerprint density at radius 1 is 0.766 bits per heavy atom. The molecule has 4 rings (SSSR count). The first-order valence-corrected chi connectivity index (χ1v) is 14.9. The van der Waals surface area contributed by atoms with Crippen LogP contribution in [0.15, 0.2) is 72.8 Å². The number of amides is 1. The minimum absolute atomic E-state index is 0.0996. The second kappa shape index (κ2) is 17.9. The van der Waals surface area contributed by atoms with Crippen molar-refractivity contribution in [3.63, 3.8) is 0 Å². The molecule has 4 aromatic rings. The maximum atomic E-state index is 13.1. The van der Waals surface area contributed by atoms with E-state index in [4.69, 9.17) is 9.47 Å². The van der Waals surface area contributed by atoms with Gasteiger partial charge in [0.1, 0.15) is 11.6 Å². The van der Waals surface area contributed by atoms with Crippen LogP contribution in [0, 0.1) is 5.82 Å². The van der Waals surface area contributed by atoms with Crippen molar-refractivity contribution in [1.29, 1.82) is 0 Å². The predicted octanol–water partition coefficient (Wildman–Crippen LogP) is 4.94. The highest BCUT2D eigenvalue weighted by Gasteiger charge is 2.11. The molecule has 0 spiro atoms. The highest BCUT2D eigenvalue weighted by atomic mass is 19.1. The van der Waals surface area contributed by atoms with Gasteiger partial charge in [0.2, 0.25) is 17.8 Å². The first-order chi connectivity index (χ1) is 22.7. The van der Waals surface area contributed by atoms with Crippen molar-refractivity contribution in [3.05, 3.63) is 95.3 Å². The zero-order valence-electron chi connectivity index (χ0n) is 25.8. The zero-order valence-corrected chi connectivity index (χ0v) is 25.8. The molecular weight excluding hydrogens is 609 g/mol. The number of halogens is 1. The number of ether oxygens (including phenoxy) is 2. The number of carbonyl (C=O) groups excluding carboxylic acids is 2. The lowest BCUT2D eigenvalue weighted by atomic mass is 10.1. The maximum Gasteiger partial charge on any atom is 0.335 e. The molecule has 13 nitrogen and oxygen atoms in total. The molecule has 0 radical (unpaired) electrons. The molecule has 1 aromatic heterocycles. The van der Waals surface area contributed by atoms with E-state index in [0.29, 0.717) is 62.8 Å². The number of benzene rings is 3. The number of aromatic nitrogens is 3. The van der Waals surface area contributed by atoms with E-state index in [-0.39, 0.29) is 47.5 Å². The molecule has 0 unspecified atom stereocenters. The van der Waals surface area contributed by atoms with E-state index in [1.807, 2.05) is 0 Å². The van der Waals surface area contributed by atoms with Gasteiger partial charge < -0.3 is 40.6 Å². The fourth-order valence-electron chi connectivity index (χ4n) is 4.13. The van der Waals surface area contributed by atoms with Gasteiger partial charge in [0.25, 0.3) is 5.91 Å². The van der Waals surface area contributed by atoms with E-state index in [2.05, 4.69) is 36.2 Å². The monoisotopic (exact) mass is 645 g/mol. The van der Waals surface area contributed by atoms with Crippen molar-refractivity contribution >= 4 is 46.9 Å². The summed E-state index contributed by atoms with van der Waals surface area (Å²) in [6, 6.07) is 18.8. The van der Waals surface area contributed by atoms with Crippen LogP contribution in [0.2, 0.25) is 0 Å². The van der Waals surface area contributed by atoms with Crippen LogP contribution in [0.5, 0.6) is 0 Å². The Morgan fingerprint density at radius 2 is 1.43 bits per heavy atom. The number of carboxylic acid groups (broad SMARTS) is 1. The van der Waals surface area contributed by atoms with Crippen LogP contribution < -0.4 is 21.3 Å². The summed E-state index contributed by atoms with van der Waals surface area (Å²) >= 11 is 0. The van der Waals surface area contributed by atoms with Crippen LogP contribution in [-0.4, -0.2) is 70.7 Å². The summed E-state index contributed by atoms with van der Waals surface area (Å²) in [7, 11) is 0. The van der Waals surface area contributed by atoms with E-state index in [1.54, 1.807) is 55.5 Å². The summed E-state index contributed by atoms with van der Waals surface area (Å²) in [4.78, 5) is 48.3. The summed E-state index contributed by atoms with van der Waals surface area (Å²) in [5, 5.41) is 21.4. The Morgan fingerprint density at radius 3 is 2.11 bits per heavy atom. The molecule has 0 aliphatic carbocycles. The van der Waals surface area contributed by atoms with Gasteiger partial charge in [-0.15, -0.1) is 0 Å². The number of anilines is 5. The van der Waals surface area contributed by atoms with Gasteiger partial charge in [-0.3, -0.25) is 4.79 Å². The predicted molar refractivity (Wildman–Crippen MR) is 174 cm³/mol. The van der Waals surface area contributed by atoms with Crippen LogP contribution >= 0.6 is 0 Å². The van der Waals surface area contributed by atoms with Crippen molar-refractivity contribution < 1.29 is 33.4 Å². The van der Waals surface area contributed by atoms with Gasteiger partial charge in [-0.25, -0.2) is 9.18 Å². The summed E-state index contributed by atoms with van der Waals surface area (Å²) in [5.41, 5.74) is 2.37. The van der Waals surface area contributed by atoms with Gasteiger partial charge in [-0.1, -0.05) is 18.2 Å². The van der Waals surface area contributed by atoms with E-state index in [1.165, 1.54) is 24.3 Å². The van der Waals surface area contributed by atoms with Crippen LogP contribution in [0.25, 0.3) is 0 Å². The van der Waals surface area contributed by atoms with E-state index >= 15 is 0 Å². The first-order valence-electron chi connectivity index (χ1n) is 14.9. The summed E-state index contributed by atoms with van der Waals surface area (Å²) < 4.78 is 24.2. The minimum atomic E-state index is -1.07. The highest BCUT2D eigenvalue weighted by Crippen LogP contribution is 2.20. The highest BCUT2D eigenvalue weighted by molar-refractivity contribution is 5.94. The molecular formula is C33H36FN7O6. The number of Topliss-reactive ketones (excluding diaryl/α,β-unsaturated/α-hetero) is 1. The third kappa shape index (κ3) is 12.1. The summed E-state index contributed by atoms with van der Waals surface area (Å²) in [6.07, 6.45) is 1.18. The average Bonchev–Trinajstić information content (AvgIpc) is 3.05. The molecule has 0 saturated heterocycles. The molecule has 1 amide bonds. The fourth-order valence-corrected chi connectivity index (χ4v) is 4.13. The number of carbonyl (C=O) groups is 3. The van der Waals surface area contributed by atoms with E-state index in [0.717, 1.165) is 5.56 Å². The third-order valence-corrected chi connectivity index (χ3v) is 6.49. The van der Waals surface area contributed by atoms with E-state index < -0.39 is 5.97 Å². The fraction of sp³-hybridized carbons (Fsp3) is 0.273. The first kappa shape index (κ1) is 34.4. The minimum Gasteiger partial charge on any atom is -0.478 e. The molecule has 0 fully saturated rings. The Balaban J connectivity index is 1.36. The van der Waals surface area contributed by atoms with Gasteiger partial charge >= 0.3 is 5.97 Å². The number of nitrogens with one attached hydrogen (secondary N) is 4. The second-order valence-corrected chi connectivity index (χ2v) is 10.3. The number of nitrogens with zero attached hydrogens (tertiary/aromatic N) is 3. The second-order valence-electron chi connectivity index (χ2n) is 10.3. The Kier molecular flexibility index (Phi) is 13.1. The van der Waals surface area contributed by atoms with Crippen molar-refractivity contribution in [1.82, 2.24) is 20.3 Å². The molecule has 3 aromatic carbocycles. The van der Waals surface area contributed by atoms with E-state index in [9.17, 15) is 23.9 Å². The quantitative estimate of drug-likeness (QED) is 0.0870. The van der Waals surface area contributed by atoms with Crippen LogP contribution in [0.3, 0.4) is 0 Å². The van der Waals surface area contributed by atoms with Crippen molar-refractivity contribution in [2.24, 2.45) is 0 Å². The Hall–Kier alpha value is -5.47. The van der Waals surface area contributed by atoms with Crippen LogP contribution in [0.4, 0.5) is 33.6 Å². The lowest BCUT2D eigenvalue weighted by Gasteiger charge is -2.12. The molecule has 0 aliphatic rings. The SMILES string of the molecule is CC(=O)CCCOCCOCCNc1nc(Nc2ccc(C(=O)NCc3ccc(F)cc3)cc2)nc(Nc2cccc(C(=O)O)c2)n1. The average molecular weight is 646 g/mol. The Labute approximate surface area is 271 Å². The lowest BCUT2D eigenvalue weighted by Crippen LogP contribution is -2.22. The summed E-state index contributed by atoms with van der Waals surface area (Å²) in [5.74, 6) is -0.979. The van der Waals surface area contributed by atoms with Gasteiger partial charge in [0.15, 0.2) is 0 Å². The molecule has 0 saturated carbocycles. The van der Waals surface area contributed by atoms with Crippen molar-refractivity contribution in [2.45, 2.75) is 26.3 Å². The molecule has 47 heavy (non-hydrogen) atoms. The van der Waals surface area contributed by atoms with Gasteiger partial charge in [0, 0.05) is 43.1 Å². The number of hydrogen-bond donors (Lipinski definition) is 5. The maximum absolute atomic E-state index is 13.1. The van der Waals surface area contributed by atoms with Crippen molar-refractivity contribution in [2.75, 3.05) is 48.9 Å². The molecule has 246 valence electrons. The number of aromatic carboxylic acids is 1. The summed E-state index contributed by atoms with van der Waals surface area (Å²) in [6.45, 7) is 3.83. The largest absolute Gasteiger partial charge is 0.478 e. The molecule has 1 heterocycles. The lowest BCUT2D eigenvalue weighted by molar-refractivity contribution is -0.117. The number of rotatable bonds is 19. The number of hydrogen-bond acceptors (Lipinski definition) is 11. The van der Waals surface area contributed by atoms with Gasteiger partial charge in [0.05, 0.1) is 25.4 Å². The van der Waals surface area contributed by atoms with Gasteiger partial charge in [-0.2, -0.15) is 15.0 Å². The van der Waals surface area contributed by atoms with Crippen LogP contribution in [0.1, 0.15) is 46.0 Å². The molecule has 14 heteroatoms. The molecule has 0 aliphatic heterocycles. The normalized spacial score (nSPS) is 10.7. The zero-order chi connectivity index (χ0) is 33.4. The standard InChI is InChI=1S/C33H36FN7O6/c1-22(42)4-3-16-46-18-19-47-17-15-35-31-39-32(41-33(40-31)38-28-6-2-5-25(20-28)30(44)45)37-27-13-9-24(10-14-27)29(43)36-21-23-7-11-26(34)12-8-23/h2,5-14,20H,3-4,15-19,21H2,1H3,(H,36,43)(H,44,45)(H3,35,37,38,39,40,41).